The molecular weight excluding hydrogens is 829 g/mol. The number of allylic oxidation sites excluding steroid dienone is 18. The van der Waals surface area contributed by atoms with Crippen LogP contribution in [-0.4, -0.2) is 37.2 Å². The second kappa shape index (κ2) is 54.7. The van der Waals surface area contributed by atoms with Crippen LogP contribution in [0.3, 0.4) is 0 Å². The molecule has 0 bridgehead atoms. The number of hydrogen-bond acceptors (Lipinski definition) is 6. The van der Waals surface area contributed by atoms with Crippen molar-refractivity contribution in [1.29, 1.82) is 0 Å². The Balaban J connectivity index is 4.46. The van der Waals surface area contributed by atoms with E-state index >= 15 is 0 Å². The lowest BCUT2D eigenvalue weighted by Crippen LogP contribution is -2.30. The van der Waals surface area contributed by atoms with Crippen molar-refractivity contribution in [2.45, 2.75) is 245 Å². The Hall–Kier alpha value is -3.93. The number of rotatable bonds is 48. The summed E-state index contributed by atoms with van der Waals surface area (Å²) in [6.07, 6.45) is 73.6. The van der Waals surface area contributed by atoms with Crippen molar-refractivity contribution < 1.29 is 28.6 Å². The van der Waals surface area contributed by atoms with Crippen LogP contribution < -0.4 is 0 Å². The van der Waals surface area contributed by atoms with Gasteiger partial charge in [0.25, 0.3) is 0 Å². The van der Waals surface area contributed by atoms with Crippen LogP contribution in [0.25, 0.3) is 0 Å². The molecule has 0 aromatic rings. The van der Waals surface area contributed by atoms with Crippen LogP contribution >= 0.6 is 0 Å². The standard InChI is InChI=1S/C61H100O6/c1-4-7-10-13-16-19-22-25-27-29-30-32-33-36-39-42-45-48-51-54-60(63)66-57-58(56-65-59(62)53-50-47-44-41-38-35-24-21-18-15-12-9-6-3)67-61(64)55-52-49-46-43-40-37-34-31-28-26-23-20-17-14-11-8-5-2/h8-9,11-12,14-15,17-18,20-21,23-24,26,28,31,34,37,40,58H,4-7,10,13,16,19,22,25,27,29-30,32-33,35-36,38-39,41-57H2,1-3H3/b11-8-,12-9-,17-14-,18-15-,23-20-,24-21-,28-26-,34-31+,40-37-. The predicted octanol–water partition coefficient (Wildman–Crippen LogP) is 18.3. The van der Waals surface area contributed by atoms with Gasteiger partial charge in [0.2, 0.25) is 0 Å². The zero-order chi connectivity index (χ0) is 48.6. The molecule has 0 rings (SSSR count). The van der Waals surface area contributed by atoms with E-state index in [9.17, 15) is 14.4 Å². The molecule has 6 heteroatoms. The molecule has 0 saturated heterocycles. The summed E-state index contributed by atoms with van der Waals surface area (Å²) in [7, 11) is 0. The normalized spacial score (nSPS) is 12.9. The Labute approximate surface area is 412 Å². The second-order valence-corrected chi connectivity index (χ2v) is 18.0. The van der Waals surface area contributed by atoms with Gasteiger partial charge in [-0.3, -0.25) is 14.4 Å². The van der Waals surface area contributed by atoms with Crippen LogP contribution in [0.5, 0.6) is 0 Å². The fraction of sp³-hybridized carbons (Fsp3) is 0.656. The van der Waals surface area contributed by atoms with Gasteiger partial charge in [-0.25, -0.2) is 0 Å². The van der Waals surface area contributed by atoms with E-state index in [0.29, 0.717) is 19.3 Å². The highest BCUT2D eigenvalue weighted by Gasteiger charge is 2.19. The third kappa shape index (κ3) is 52.9. The summed E-state index contributed by atoms with van der Waals surface area (Å²) >= 11 is 0. The molecular formula is C61H100O6. The Kier molecular flexibility index (Phi) is 51.5. The Morgan fingerprint density at radius 3 is 0.925 bits per heavy atom. The van der Waals surface area contributed by atoms with Gasteiger partial charge in [-0.15, -0.1) is 0 Å². The van der Waals surface area contributed by atoms with Gasteiger partial charge in [0.05, 0.1) is 0 Å². The summed E-state index contributed by atoms with van der Waals surface area (Å²) in [5.41, 5.74) is 0. The molecule has 0 N–H and O–H groups in total. The average molecular weight is 929 g/mol. The molecule has 0 spiro atoms. The zero-order valence-corrected chi connectivity index (χ0v) is 43.4. The van der Waals surface area contributed by atoms with Gasteiger partial charge < -0.3 is 14.2 Å². The third-order valence-electron chi connectivity index (χ3n) is 11.5. The van der Waals surface area contributed by atoms with Gasteiger partial charge in [-0.2, -0.15) is 0 Å². The average Bonchev–Trinajstić information content (AvgIpc) is 3.33. The minimum atomic E-state index is -0.810. The van der Waals surface area contributed by atoms with Crippen molar-refractivity contribution in [3.63, 3.8) is 0 Å². The molecule has 0 saturated carbocycles. The van der Waals surface area contributed by atoms with E-state index in [-0.39, 0.29) is 37.5 Å². The number of carbonyl (C=O) groups excluding carboxylic acids is 3. The minimum absolute atomic E-state index is 0.103. The fourth-order valence-electron chi connectivity index (χ4n) is 7.42. The highest BCUT2D eigenvalue weighted by molar-refractivity contribution is 5.71. The summed E-state index contributed by atoms with van der Waals surface area (Å²) in [4.78, 5) is 38.1. The highest BCUT2D eigenvalue weighted by Crippen LogP contribution is 2.16. The van der Waals surface area contributed by atoms with Crippen LogP contribution in [0, 0.1) is 0 Å². The number of unbranched alkanes of at least 4 members (excludes halogenated alkanes) is 26. The monoisotopic (exact) mass is 929 g/mol. The van der Waals surface area contributed by atoms with E-state index < -0.39 is 6.10 Å². The van der Waals surface area contributed by atoms with E-state index in [1.165, 1.54) is 103 Å². The van der Waals surface area contributed by atoms with Crippen molar-refractivity contribution in [3.05, 3.63) is 109 Å². The lowest BCUT2D eigenvalue weighted by atomic mass is 10.0. The second-order valence-electron chi connectivity index (χ2n) is 18.0. The molecule has 0 aromatic heterocycles. The molecule has 0 fully saturated rings. The fourth-order valence-corrected chi connectivity index (χ4v) is 7.42. The minimum Gasteiger partial charge on any atom is -0.462 e. The molecule has 0 heterocycles. The summed E-state index contributed by atoms with van der Waals surface area (Å²) in [6.45, 7) is 6.31. The Morgan fingerprint density at radius 2 is 0.582 bits per heavy atom. The van der Waals surface area contributed by atoms with E-state index in [2.05, 4.69) is 69.4 Å². The van der Waals surface area contributed by atoms with Gasteiger partial charge in [-0.1, -0.05) is 271 Å². The van der Waals surface area contributed by atoms with E-state index in [1.807, 2.05) is 60.8 Å². The molecule has 0 aromatic carbocycles. The molecule has 380 valence electrons. The summed E-state index contributed by atoms with van der Waals surface area (Å²) in [5.74, 6) is -0.968. The zero-order valence-electron chi connectivity index (χ0n) is 43.4. The molecule has 6 nitrogen and oxygen atoms in total. The van der Waals surface area contributed by atoms with Crippen molar-refractivity contribution in [3.8, 4) is 0 Å². The quantitative estimate of drug-likeness (QED) is 0.0262. The molecule has 1 atom stereocenters. The maximum atomic E-state index is 12.8. The molecule has 0 aliphatic carbocycles. The largest absolute Gasteiger partial charge is 0.462 e. The third-order valence-corrected chi connectivity index (χ3v) is 11.5. The van der Waals surface area contributed by atoms with E-state index in [4.69, 9.17) is 14.2 Å². The van der Waals surface area contributed by atoms with Crippen LogP contribution in [0.2, 0.25) is 0 Å². The summed E-state index contributed by atoms with van der Waals surface area (Å²) < 4.78 is 16.8. The van der Waals surface area contributed by atoms with Crippen molar-refractivity contribution >= 4 is 17.9 Å². The number of hydrogen-bond donors (Lipinski definition) is 0. The number of carbonyl (C=O) groups is 3. The first-order chi connectivity index (χ1) is 33.0. The summed E-state index contributed by atoms with van der Waals surface area (Å²) in [6, 6.07) is 0. The van der Waals surface area contributed by atoms with Crippen LogP contribution in [0.4, 0.5) is 0 Å². The van der Waals surface area contributed by atoms with Crippen LogP contribution in [0.1, 0.15) is 239 Å². The molecule has 0 amide bonds. The first-order valence-corrected chi connectivity index (χ1v) is 27.5. The molecule has 67 heavy (non-hydrogen) atoms. The lowest BCUT2D eigenvalue weighted by Gasteiger charge is -2.18. The van der Waals surface area contributed by atoms with Crippen LogP contribution in [0.15, 0.2) is 109 Å². The first kappa shape index (κ1) is 63.1. The van der Waals surface area contributed by atoms with Crippen LogP contribution in [-0.2, 0) is 28.6 Å². The topological polar surface area (TPSA) is 78.9 Å². The highest BCUT2D eigenvalue weighted by atomic mass is 16.6. The first-order valence-electron chi connectivity index (χ1n) is 27.5. The number of esters is 3. The number of ether oxygens (including phenoxy) is 3. The van der Waals surface area contributed by atoms with Gasteiger partial charge >= 0.3 is 17.9 Å². The van der Waals surface area contributed by atoms with E-state index in [1.54, 1.807) is 0 Å². The summed E-state index contributed by atoms with van der Waals surface area (Å²) in [5, 5.41) is 0. The Bertz CT molecular complexity index is 1390. The van der Waals surface area contributed by atoms with Gasteiger partial charge in [-0.05, 0) is 57.8 Å². The van der Waals surface area contributed by atoms with Crippen molar-refractivity contribution in [2.24, 2.45) is 0 Å². The molecule has 0 aliphatic heterocycles. The molecule has 1 unspecified atom stereocenters. The Morgan fingerprint density at radius 1 is 0.313 bits per heavy atom. The van der Waals surface area contributed by atoms with Crippen molar-refractivity contribution in [2.75, 3.05) is 13.2 Å². The smallest absolute Gasteiger partial charge is 0.306 e. The van der Waals surface area contributed by atoms with E-state index in [0.717, 1.165) is 89.9 Å². The maximum absolute atomic E-state index is 12.8. The van der Waals surface area contributed by atoms with Gasteiger partial charge in [0.1, 0.15) is 13.2 Å². The van der Waals surface area contributed by atoms with Crippen molar-refractivity contribution in [1.82, 2.24) is 0 Å². The predicted molar refractivity (Wildman–Crippen MR) is 288 cm³/mol. The molecule has 0 aliphatic rings. The van der Waals surface area contributed by atoms with Gasteiger partial charge in [0.15, 0.2) is 6.10 Å². The van der Waals surface area contributed by atoms with Gasteiger partial charge in [0, 0.05) is 19.3 Å². The molecule has 0 radical (unpaired) electrons. The lowest BCUT2D eigenvalue weighted by molar-refractivity contribution is -0.167. The maximum Gasteiger partial charge on any atom is 0.306 e. The SMILES string of the molecule is CC\C=C/C=C\C=C/C=C\C=C\C=C/CCCCCC(=O)OC(COC(=O)CCCCCCC\C=C/C=C\C=C/CC)COC(=O)CCCCCCCCCCCCCCCCCCCCC.